The maximum atomic E-state index is 12.4. The average Bonchev–Trinajstić information content (AvgIpc) is 2.88. The Morgan fingerprint density at radius 1 is 1.11 bits per heavy atom. The van der Waals surface area contributed by atoms with Crippen LogP contribution >= 0.6 is 0 Å². The van der Waals surface area contributed by atoms with Crippen LogP contribution in [0.15, 0.2) is 0 Å². The van der Waals surface area contributed by atoms with Crippen LogP contribution in [0.3, 0.4) is 0 Å². The van der Waals surface area contributed by atoms with Crippen LogP contribution in [-0.4, -0.2) is 35.0 Å². The fourth-order valence-corrected chi connectivity index (χ4v) is 3.64. The van der Waals surface area contributed by atoms with Crippen LogP contribution in [0.4, 0.5) is 0 Å². The SMILES string of the molecule is CCCC1CCN(C(=O)C2CCCC2C(=O)O)CC1. The second kappa shape index (κ2) is 6.40. The van der Waals surface area contributed by atoms with Crippen LogP contribution in [0, 0.1) is 17.8 Å². The molecule has 0 bridgehead atoms. The van der Waals surface area contributed by atoms with Crippen molar-refractivity contribution in [3.05, 3.63) is 0 Å². The van der Waals surface area contributed by atoms with Crippen LogP contribution in [-0.2, 0) is 9.59 Å². The molecule has 19 heavy (non-hydrogen) atoms. The highest BCUT2D eigenvalue weighted by Gasteiger charge is 2.40. The molecule has 1 saturated carbocycles. The average molecular weight is 267 g/mol. The van der Waals surface area contributed by atoms with Gasteiger partial charge in [-0.05, 0) is 31.6 Å². The number of likely N-dealkylation sites (tertiary alicyclic amines) is 1. The van der Waals surface area contributed by atoms with Crippen molar-refractivity contribution >= 4 is 11.9 Å². The molecular weight excluding hydrogens is 242 g/mol. The third-order valence-corrected chi connectivity index (χ3v) is 4.77. The summed E-state index contributed by atoms with van der Waals surface area (Å²) in [5, 5.41) is 9.17. The molecule has 2 rings (SSSR count). The maximum absolute atomic E-state index is 12.4. The topological polar surface area (TPSA) is 57.6 Å². The summed E-state index contributed by atoms with van der Waals surface area (Å²) in [6.45, 7) is 3.85. The number of carbonyl (C=O) groups excluding carboxylic acids is 1. The van der Waals surface area contributed by atoms with Crippen LogP contribution in [0.25, 0.3) is 0 Å². The second-order valence-electron chi connectivity index (χ2n) is 6.04. The van der Waals surface area contributed by atoms with Crippen molar-refractivity contribution in [2.75, 3.05) is 13.1 Å². The van der Waals surface area contributed by atoms with Gasteiger partial charge in [-0.1, -0.05) is 26.2 Å². The van der Waals surface area contributed by atoms with Crippen molar-refractivity contribution in [1.82, 2.24) is 4.90 Å². The standard InChI is InChI=1S/C15H25NO3/c1-2-4-11-7-9-16(10-8-11)14(17)12-5-3-6-13(12)15(18)19/h11-13H,2-10H2,1H3,(H,18,19). The molecule has 4 nitrogen and oxygen atoms in total. The molecule has 2 fully saturated rings. The molecule has 0 spiro atoms. The lowest BCUT2D eigenvalue weighted by molar-refractivity contribution is -0.149. The molecule has 1 saturated heterocycles. The summed E-state index contributed by atoms with van der Waals surface area (Å²) in [6, 6.07) is 0. The van der Waals surface area contributed by atoms with Crippen LogP contribution in [0.1, 0.15) is 51.9 Å². The lowest BCUT2D eigenvalue weighted by atomic mass is 9.90. The predicted molar refractivity (Wildman–Crippen MR) is 72.7 cm³/mol. The van der Waals surface area contributed by atoms with Crippen LogP contribution in [0.5, 0.6) is 0 Å². The normalized spacial score (nSPS) is 28.6. The predicted octanol–water partition coefficient (Wildman–Crippen LogP) is 2.53. The highest BCUT2D eigenvalue weighted by Crippen LogP contribution is 2.34. The van der Waals surface area contributed by atoms with Crippen LogP contribution < -0.4 is 0 Å². The van der Waals surface area contributed by atoms with Crippen LogP contribution in [0.2, 0.25) is 0 Å². The van der Waals surface area contributed by atoms with Gasteiger partial charge in [0.25, 0.3) is 0 Å². The highest BCUT2D eigenvalue weighted by molar-refractivity contribution is 5.85. The molecule has 0 radical (unpaired) electrons. The Morgan fingerprint density at radius 3 is 2.32 bits per heavy atom. The van der Waals surface area contributed by atoms with E-state index in [1.807, 2.05) is 4.90 Å². The molecule has 1 amide bonds. The lowest BCUT2D eigenvalue weighted by Gasteiger charge is -2.34. The summed E-state index contributed by atoms with van der Waals surface area (Å²) >= 11 is 0. The molecule has 0 aromatic heterocycles. The minimum Gasteiger partial charge on any atom is -0.481 e. The van der Waals surface area contributed by atoms with Gasteiger partial charge in [0, 0.05) is 13.1 Å². The van der Waals surface area contributed by atoms with Gasteiger partial charge in [0.05, 0.1) is 11.8 Å². The van der Waals surface area contributed by atoms with Gasteiger partial charge in [-0.15, -0.1) is 0 Å². The Bertz CT molecular complexity index is 334. The molecule has 1 heterocycles. The number of hydrogen-bond acceptors (Lipinski definition) is 2. The fourth-order valence-electron chi connectivity index (χ4n) is 3.64. The number of nitrogens with zero attached hydrogens (tertiary/aromatic N) is 1. The number of aliphatic carboxylic acids is 1. The summed E-state index contributed by atoms with van der Waals surface area (Å²) < 4.78 is 0. The third-order valence-electron chi connectivity index (χ3n) is 4.77. The molecule has 1 N–H and O–H groups in total. The number of carboxylic acid groups (broad SMARTS) is 1. The van der Waals surface area contributed by atoms with Crippen molar-refractivity contribution in [2.24, 2.45) is 17.8 Å². The monoisotopic (exact) mass is 267 g/mol. The van der Waals surface area contributed by atoms with Gasteiger partial charge < -0.3 is 10.0 Å². The van der Waals surface area contributed by atoms with Crippen molar-refractivity contribution in [3.63, 3.8) is 0 Å². The van der Waals surface area contributed by atoms with E-state index in [4.69, 9.17) is 0 Å². The summed E-state index contributed by atoms with van der Waals surface area (Å²) in [5.41, 5.74) is 0. The first-order chi connectivity index (χ1) is 9.13. The Balaban J connectivity index is 1.89. The Morgan fingerprint density at radius 2 is 1.74 bits per heavy atom. The first-order valence-electron chi connectivity index (χ1n) is 7.65. The molecule has 2 aliphatic rings. The lowest BCUT2D eigenvalue weighted by Crippen LogP contribution is -2.43. The first kappa shape index (κ1) is 14.4. The van der Waals surface area contributed by atoms with Gasteiger partial charge in [-0.3, -0.25) is 9.59 Å². The zero-order chi connectivity index (χ0) is 13.8. The largest absolute Gasteiger partial charge is 0.481 e. The van der Waals surface area contributed by atoms with Crippen molar-refractivity contribution < 1.29 is 14.7 Å². The second-order valence-corrected chi connectivity index (χ2v) is 6.04. The van der Waals surface area contributed by atoms with E-state index in [9.17, 15) is 14.7 Å². The maximum Gasteiger partial charge on any atom is 0.307 e. The summed E-state index contributed by atoms with van der Waals surface area (Å²) in [6.07, 6.45) is 6.93. The zero-order valence-corrected chi connectivity index (χ0v) is 11.8. The van der Waals surface area contributed by atoms with E-state index in [1.54, 1.807) is 0 Å². The molecule has 0 aromatic rings. The molecule has 0 aromatic carbocycles. The number of rotatable bonds is 4. The molecule has 108 valence electrons. The van der Waals surface area contributed by atoms with E-state index in [2.05, 4.69) is 6.92 Å². The third kappa shape index (κ3) is 3.28. The molecule has 2 unspecified atom stereocenters. The van der Waals surface area contributed by atoms with Crippen molar-refractivity contribution in [1.29, 1.82) is 0 Å². The first-order valence-corrected chi connectivity index (χ1v) is 7.65. The Kier molecular flexibility index (Phi) is 4.83. The van der Waals surface area contributed by atoms with Gasteiger partial charge in [-0.25, -0.2) is 0 Å². The van der Waals surface area contributed by atoms with Crippen molar-refractivity contribution in [2.45, 2.75) is 51.9 Å². The van der Waals surface area contributed by atoms with E-state index >= 15 is 0 Å². The molecular formula is C15H25NO3. The summed E-state index contributed by atoms with van der Waals surface area (Å²) in [7, 11) is 0. The van der Waals surface area contributed by atoms with E-state index in [1.165, 1.54) is 12.8 Å². The molecule has 4 heteroatoms. The number of hydrogen-bond donors (Lipinski definition) is 1. The number of piperidine rings is 1. The summed E-state index contributed by atoms with van der Waals surface area (Å²) in [5.74, 6) is -0.648. The van der Waals surface area contributed by atoms with E-state index in [0.717, 1.165) is 44.7 Å². The molecule has 1 aliphatic carbocycles. The van der Waals surface area contributed by atoms with E-state index < -0.39 is 11.9 Å². The fraction of sp³-hybridized carbons (Fsp3) is 0.867. The Labute approximate surface area is 115 Å². The molecule has 1 aliphatic heterocycles. The number of carboxylic acids is 1. The number of amides is 1. The Hall–Kier alpha value is -1.06. The molecule has 2 atom stereocenters. The zero-order valence-electron chi connectivity index (χ0n) is 11.8. The smallest absolute Gasteiger partial charge is 0.307 e. The van der Waals surface area contributed by atoms with Gasteiger partial charge >= 0.3 is 5.97 Å². The van der Waals surface area contributed by atoms with Gasteiger partial charge in [0.1, 0.15) is 0 Å². The highest BCUT2D eigenvalue weighted by atomic mass is 16.4. The van der Waals surface area contributed by atoms with E-state index in [0.29, 0.717) is 6.42 Å². The minimum absolute atomic E-state index is 0.0971. The van der Waals surface area contributed by atoms with Gasteiger partial charge in [0.2, 0.25) is 5.91 Å². The quantitative estimate of drug-likeness (QED) is 0.851. The minimum atomic E-state index is -0.795. The van der Waals surface area contributed by atoms with Crippen molar-refractivity contribution in [3.8, 4) is 0 Å². The van der Waals surface area contributed by atoms with Gasteiger partial charge in [-0.2, -0.15) is 0 Å². The van der Waals surface area contributed by atoms with E-state index in [-0.39, 0.29) is 11.8 Å². The summed E-state index contributed by atoms with van der Waals surface area (Å²) in [4.78, 5) is 25.5. The van der Waals surface area contributed by atoms with Gasteiger partial charge in [0.15, 0.2) is 0 Å². The number of carbonyl (C=O) groups is 2.